The fraction of sp³-hybridized carbons (Fsp3) is 0.176. The molecule has 1 N–H and O–H groups in total. The van der Waals surface area contributed by atoms with Crippen molar-refractivity contribution in [2.75, 3.05) is 13.2 Å². The molecule has 1 amide bonds. The van der Waals surface area contributed by atoms with Crippen molar-refractivity contribution in [2.45, 2.75) is 6.42 Å². The minimum Gasteiger partial charge on any atom is -0.489 e. The summed E-state index contributed by atoms with van der Waals surface area (Å²) in [6.45, 7) is 1.06. The molecule has 134 valence electrons. The van der Waals surface area contributed by atoms with Crippen LogP contribution in [0.1, 0.15) is 22.3 Å². The molecule has 0 bridgehead atoms. The van der Waals surface area contributed by atoms with Crippen LogP contribution in [0.5, 0.6) is 11.5 Å². The molecule has 0 aromatic heterocycles. The fourth-order valence-corrected chi connectivity index (χ4v) is 2.56. The minimum atomic E-state index is -0.534. The smallest absolute Gasteiger partial charge is 0.271 e. The zero-order valence-corrected chi connectivity index (χ0v) is 14.2. The molecule has 0 saturated heterocycles. The number of hydrogen-bond acceptors (Lipinski definition) is 6. The molecule has 2 aromatic rings. The maximum absolute atomic E-state index is 12.0. The number of benzene rings is 2. The first-order valence-corrected chi connectivity index (χ1v) is 8.09. The molecule has 0 atom stereocenters. The summed E-state index contributed by atoms with van der Waals surface area (Å²) >= 11 is 6.19. The van der Waals surface area contributed by atoms with Gasteiger partial charge in [0.1, 0.15) is 0 Å². The number of amides is 1. The van der Waals surface area contributed by atoms with E-state index in [2.05, 4.69) is 10.5 Å². The minimum absolute atomic E-state index is 0.0908. The SMILES string of the molecule is O=C(N/N=C\c1cc(Cl)c2c(c1)OCCCO2)c1ccc([N+](=O)[O-])cc1. The van der Waals surface area contributed by atoms with Gasteiger partial charge in [-0.2, -0.15) is 5.10 Å². The van der Waals surface area contributed by atoms with Crippen LogP contribution in [0.25, 0.3) is 0 Å². The highest BCUT2D eigenvalue weighted by Gasteiger charge is 2.15. The second kappa shape index (κ2) is 7.83. The van der Waals surface area contributed by atoms with Gasteiger partial charge in [0, 0.05) is 24.1 Å². The molecule has 2 aromatic carbocycles. The van der Waals surface area contributed by atoms with Crippen LogP contribution in [-0.4, -0.2) is 30.3 Å². The summed E-state index contributed by atoms with van der Waals surface area (Å²) in [7, 11) is 0. The van der Waals surface area contributed by atoms with Crippen LogP contribution < -0.4 is 14.9 Å². The van der Waals surface area contributed by atoms with Crippen LogP contribution >= 0.6 is 11.6 Å². The number of ether oxygens (including phenoxy) is 2. The number of halogens is 1. The Bertz CT molecular complexity index is 867. The van der Waals surface area contributed by atoms with Gasteiger partial charge in [-0.15, -0.1) is 0 Å². The number of nitrogens with zero attached hydrogens (tertiary/aromatic N) is 2. The van der Waals surface area contributed by atoms with Gasteiger partial charge in [0.2, 0.25) is 0 Å². The molecular weight excluding hydrogens is 362 g/mol. The highest BCUT2D eigenvalue weighted by Crippen LogP contribution is 2.37. The van der Waals surface area contributed by atoms with Crippen LogP contribution in [-0.2, 0) is 0 Å². The quantitative estimate of drug-likeness (QED) is 0.502. The highest BCUT2D eigenvalue weighted by molar-refractivity contribution is 6.32. The summed E-state index contributed by atoms with van der Waals surface area (Å²) in [6, 6.07) is 8.58. The number of non-ortho nitro benzene ring substituents is 1. The summed E-state index contributed by atoms with van der Waals surface area (Å²) in [5.41, 5.74) is 3.14. The molecule has 1 aliphatic rings. The Morgan fingerprint density at radius 1 is 1.23 bits per heavy atom. The number of hydrazone groups is 1. The monoisotopic (exact) mass is 375 g/mol. The number of carbonyl (C=O) groups is 1. The zero-order valence-electron chi connectivity index (χ0n) is 13.5. The summed E-state index contributed by atoms with van der Waals surface area (Å²) < 4.78 is 11.1. The van der Waals surface area contributed by atoms with Crippen LogP contribution in [0.2, 0.25) is 5.02 Å². The van der Waals surface area contributed by atoms with E-state index in [1.54, 1.807) is 12.1 Å². The fourth-order valence-electron chi connectivity index (χ4n) is 2.29. The molecule has 9 heteroatoms. The van der Waals surface area contributed by atoms with Gasteiger partial charge in [0.05, 0.1) is 29.4 Å². The summed E-state index contributed by atoms with van der Waals surface area (Å²) in [4.78, 5) is 22.1. The number of rotatable bonds is 4. The van der Waals surface area contributed by atoms with Crippen molar-refractivity contribution in [1.82, 2.24) is 5.43 Å². The maximum atomic E-state index is 12.0. The standard InChI is InChI=1S/C17H14ClN3O5/c18-14-8-11(9-15-16(14)26-7-1-6-25-15)10-19-20-17(22)12-2-4-13(5-3-12)21(23)24/h2-5,8-10H,1,6-7H2,(H,20,22)/b19-10-. The van der Waals surface area contributed by atoms with Gasteiger partial charge >= 0.3 is 0 Å². The van der Waals surface area contributed by atoms with Gasteiger partial charge in [0.25, 0.3) is 11.6 Å². The highest BCUT2D eigenvalue weighted by atomic mass is 35.5. The molecule has 0 fully saturated rings. The van der Waals surface area contributed by atoms with Crippen molar-refractivity contribution < 1.29 is 19.2 Å². The molecular formula is C17H14ClN3O5. The van der Waals surface area contributed by atoms with Gasteiger partial charge in [-0.1, -0.05) is 11.6 Å². The molecule has 0 aliphatic carbocycles. The molecule has 3 rings (SSSR count). The first kappa shape index (κ1) is 17.7. The average Bonchev–Trinajstić information content (AvgIpc) is 2.87. The molecule has 26 heavy (non-hydrogen) atoms. The Balaban J connectivity index is 1.68. The van der Waals surface area contributed by atoms with E-state index in [-0.39, 0.29) is 11.3 Å². The average molecular weight is 376 g/mol. The molecule has 1 aliphatic heterocycles. The third-order valence-corrected chi connectivity index (χ3v) is 3.83. The van der Waals surface area contributed by atoms with E-state index in [0.29, 0.717) is 35.3 Å². The molecule has 0 spiro atoms. The lowest BCUT2D eigenvalue weighted by molar-refractivity contribution is -0.384. The number of carbonyl (C=O) groups excluding carboxylic acids is 1. The van der Waals surface area contributed by atoms with E-state index in [1.807, 2.05) is 0 Å². The summed E-state index contributed by atoms with van der Waals surface area (Å²) in [5, 5.41) is 14.9. The maximum Gasteiger partial charge on any atom is 0.271 e. The van der Waals surface area contributed by atoms with Crippen molar-refractivity contribution in [3.63, 3.8) is 0 Å². The van der Waals surface area contributed by atoms with Crippen molar-refractivity contribution in [3.05, 3.63) is 62.7 Å². The summed E-state index contributed by atoms with van der Waals surface area (Å²) in [5.74, 6) is 0.533. The Morgan fingerprint density at radius 3 is 2.69 bits per heavy atom. The van der Waals surface area contributed by atoms with Crippen LogP contribution in [0.15, 0.2) is 41.5 Å². The Morgan fingerprint density at radius 2 is 1.96 bits per heavy atom. The van der Waals surface area contributed by atoms with Crippen LogP contribution in [0.3, 0.4) is 0 Å². The third-order valence-electron chi connectivity index (χ3n) is 3.54. The Labute approximate surface area is 153 Å². The summed E-state index contributed by atoms with van der Waals surface area (Å²) in [6.07, 6.45) is 2.18. The second-order valence-corrected chi connectivity index (χ2v) is 5.79. The third kappa shape index (κ3) is 4.09. The lowest BCUT2D eigenvalue weighted by Gasteiger charge is -2.09. The van der Waals surface area contributed by atoms with E-state index in [9.17, 15) is 14.9 Å². The zero-order chi connectivity index (χ0) is 18.5. The number of nitro groups is 1. The van der Waals surface area contributed by atoms with Gasteiger partial charge in [-0.3, -0.25) is 14.9 Å². The molecule has 0 saturated carbocycles. The first-order valence-electron chi connectivity index (χ1n) is 7.71. The molecule has 1 heterocycles. The number of nitrogens with one attached hydrogen (secondary N) is 1. The Hall–Kier alpha value is -3.13. The van der Waals surface area contributed by atoms with E-state index in [0.717, 1.165) is 6.42 Å². The van der Waals surface area contributed by atoms with Crippen molar-refractivity contribution in [2.24, 2.45) is 5.10 Å². The van der Waals surface area contributed by atoms with Gasteiger partial charge in [0.15, 0.2) is 11.5 Å². The normalized spacial score (nSPS) is 13.3. The van der Waals surface area contributed by atoms with Crippen molar-refractivity contribution >= 4 is 29.4 Å². The Kier molecular flexibility index (Phi) is 5.33. The topological polar surface area (TPSA) is 103 Å². The van der Waals surface area contributed by atoms with E-state index in [4.69, 9.17) is 21.1 Å². The number of hydrogen-bond donors (Lipinski definition) is 1. The lowest BCUT2D eigenvalue weighted by atomic mass is 10.2. The first-order chi connectivity index (χ1) is 12.5. The van der Waals surface area contributed by atoms with E-state index >= 15 is 0 Å². The molecule has 8 nitrogen and oxygen atoms in total. The number of nitro benzene ring substituents is 1. The number of fused-ring (bicyclic) bond motifs is 1. The van der Waals surface area contributed by atoms with Gasteiger partial charge < -0.3 is 9.47 Å². The predicted octanol–water partition coefficient (Wildman–Crippen LogP) is 3.17. The molecule has 0 radical (unpaired) electrons. The molecule has 0 unspecified atom stereocenters. The van der Waals surface area contributed by atoms with Crippen LogP contribution in [0.4, 0.5) is 5.69 Å². The second-order valence-electron chi connectivity index (χ2n) is 5.38. The van der Waals surface area contributed by atoms with Gasteiger partial charge in [-0.05, 0) is 29.8 Å². The predicted molar refractivity (Wildman–Crippen MR) is 95.2 cm³/mol. The van der Waals surface area contributed by atoms with E-state index < -0.39 is 10.8 Å². The van der Waals surface area contributed by atoms with Gasteiger partial charge in [-0.25, -0.2) is 5.43 Å². The lowest BCUT2D eigenvalue weighted by Crippen LogP contribution is -2.17. The van der Waals surface area contributed by atoms with Crippen molar-refractivity contribution in [3.8, 4) is 11.5 Å². The van der Waals surface area contributed by atoms with E-state index in [1.165, 1.54) is 30.5 Å². The largest absolute Gasteiger partial charge is 0.489 e. The van der Waals surface area contributed by atoms with Crippen molar-refractivity contribution in [1.29, 1.82) is 0 Å². The van der Waals surface area contributed by atoms with Crippen LogP contribution in [0, 0.1) is 10.1 Å².